The topological polar surface area (TPSA) is 49.8 Å². The van der Waals surface area contributed by atoms with Gasteiger partial charge < -0.3 is 14.7 Å². The smallest absolute Gasteiger partial charge is 0.152 e. The summed E-state index contributed by atoms with van der Waals surface area (Å²) in [6, 6.07) is 13.5. The highest BCUT2D eigenvalue weighted by Crippen LogP contribution is 2.42. The van der Waals surface area contributed by atoms with Crippen LogP contribution < -0.4 is 9.64 Å². The zero-order valence-electron chi connectivity index (χ0n) is 16.5. The quantitative estimate of drug-likeness (QED) is 0.687. The van der Waals surface area contributed by atoms with Crippen molar-refractivity contribution in [1.29, 1.82) is 0 Å². The molecule has 2 aromatic carbocycles. The van der Waals surface area contributed by atoms with Gasteiger partial charge in [-0.15, -0.1) is 0 Å². The zero-order chi connectivity index (χ0) is 19.5. The minimum atomic E-state index is 0.200. The molecule has 4 heteroatoms. The van der Waals surface area contributed by atoms with Gasteiger partial charge >= 0.3 is 0 Å². The van der Waals surface area contributed by atoms with Crippen molar-refractivity contribution in [2.45, 2.75) is 38.5 Å². The van der Waals surface area contributed by atoms with Gasteiger partial charge in [-0.2, -0.15) is 0 Å². The van der Waals surface area contributed by atoms with Crippen LogP contribution in [0.4, 0.5) is 5.69 Å². The maximum absolute atomic E-state index is 11.3. The van der Waals surface area contributed by atoms with Gasteiger partial charge in [0.1, 0.15) is 11.5 Å². The fraction of sp³-hybridized carbons (Fsp3) is 0.458. The van der Waals surface area contributed by atoms with E-state index >= 15 is 0 Å². The molecule has 0 bridgehead atoms. The lowest BCUT2D eigenvalue weighted by atomic mass is 9.96. The predicted molar refractivity (Wildman–Crippen MR) is 112 cm³/mol. The molecule has 0 spiro atoms. The van der Waals surface area contributed by atoms with Crippen LogP contribution in [0.1, 0.15) is 54.4 Å². The molecule has 1 aliphatic carbocycles. The summed E-state index contributed by atoms with van der Waals surface area (Å²) < 4.78 is 6.13. The Bertz CT molecular complexity index is 822. The second kappa shape index (κ2) is 8.26. The predicted octanol–water partition coefficient (Wildman–Crippen LogP) is 5.01. The van der Waals surface area contributed by atoms with Gasteiger partial charge in [-0.1, -0.05) is 19.1 Å². The second-order valence-corrected chi connectivity index (χ2v) is 8.30. The number of piperidine rings is 1. The molecule has 0 radical (unpaired) electrons. The number of aromatic hydroxyl groups is 1. The summed E-state index contributed by atoms with van der Waals surface area (Å²) in [5.74, 6) is 3.17. The molecule has 0 amide bonds. The number of ether oxygens (including phenoxy) is 1. The number of nitrogens with zero attached hydrogens (tertiary/aromatic N) is 1. The molecule has 4 rings (SSSR count). The van der Waals surface area contributed by atoms with Gasteiger partial charge in [0.25, 0.3) is 0 Å². The minimum absolute atomic E-state index is 0.200. The molecular weight excluding hydrogens is 350 g/mol. The van der Waals surface area contributed by atoms with Crippen molar-refractivity contribution in [3.05, 3.63) is 53.6 Å². The fourth-order valence-electron chi connectivity index (χ4n) is 4.22. The summed E-state index contributed by atoms with van der Waals surface area (Å²) in [6.07, 6.45) is 5.61. The van der Waals surface area contributed by atoms with E-state index in [0.717, 1.165) is 56.2 Å². The number of carbonyl (C=O) groups excluding carboxylic acids is 1. The zero-order valence-corrected chi connectivity index (χ0v) is 16.5. The van der Waals surface area contributed by atoms with Crippen molar-refractivity contribution < 1.29 is 14.6 Å². The van der Waals surface area contributed by atoms with E-state index in [4.69, 9.17) is 4.74 Å². The highest BCUT2D eigenvalue weighted by molar-refractivity contribution is 5.85. The van der Waals surface area contributed by atoms with Crippen LogP contribution in [0.2, 0.25) is 0 Å². The molecule has 28 heavy (non-hydrogen) atoms. The van der Waals surface area contributed by atoms with Crippen LogP contribution in [-0.2, 0) is 0 Å². The van der Waals surface area contributed by atoms with Crippen molar-refractivity contribution in [2.75, 3.05) is 24.6 Å². The largest absolute Gasteiger partial charge is 0.508 e. The van der Waals surface area contributed by atoms with Crippen molar-refractivity contribution >= 4 is 12.0 Å². The maximum Gasteiger partial charge on any atom is 0.152 e. The number of rotatable bonds is 7. The average Bonchev–Trinajstić information content (AvgIpc) is 3.58. The Labute approximate surface area is 167 Å². The monoisotopic (exact) mass is 379 g/mol. The van der Waals surface area contributed by atoms with E-state index in [1.807, 2.05) is 0 Å². The Morgan fingerprint density at radius 1 is 1.14 bits per heavy atom. The first-order valence-corrected chi connectivity index (χ1v) is 10.4. The van der Waals surface area contributed by atoms with Crippen LogP contribution in [0.15, 0.2) is 42.5 Å². The SMILES string of the molecule is CC(c1cccc(OCC2CCN(c3cc(O)ccc3C=O)CC2)c1)C1CC1. The van der Waals surface area contributed by atoms with Gasteiger partial charge in [0.05, 0.1) is 12.3 Å². The van der Waals surface area contributed by atoms with Gasteiger partial charge in [-0.3, -0.25) is 4.79 Å². The molecule has 1 unspecified atom stereocenters. The van der Waals surface area contributed by atoms with Crippen molar-refractivity contribution in [1.82, 2.24) is 0 Å². The van der Waals surface area contributed by atoms with E-state index in [2.05, 4.69) is 36.1 Å². The van der Waals surface area contributed by atoms with Crippen molar-refractivity contribution in [3.63, 3.8) is 0 Å². The molecule has 4 nitrogen and oxygen atoms in total. The Kier molecular flexibility index (Phi) is 5.56. The lowest BCUT2D eigenvalue weighted by Gasteiger charge is -2.34. The standard InChI is InChI=1S/C24H29NO3/c1-17(19-5-6-19)20-3-2-4-23(13-20)28-16-18-9-11-25(12-10-18)24-14-22(27)8-7-21(24)15-26/h2-4,7-8,13-15,17-19,27H,5-6,9-12,16H2,1H3. The van der Waals surface area contributed by atoms with Crippen LogP contribution in [0.25, 0.3) is 0 Å². The summed E-state index contributed by atoms with van der Waals surface area (Å²) in [4.78, 5) is 13.5. The molecule has 0 aromatic heterocycles. The summed E-state index contributed by atoms with van der Waals surface area (Å²) >= 11 is 0. The number of hydrogen-bond acceptors (Lipinski definition) is 4. The highest BCUT2D eigenvalue weighted by Gasteiger charge is 2.29. The molecule has 2 aliphatic rings. The number of phenols is 1. The number of carbonyl (C=O) groups is 1. The Hall–Kier alpha value is -2.49. The van der Waals surface area contributed by atoms with Crippen molar-refractivity contribution in [2.24, 2.45) is 11.8 Å². The normalized spacial score (nSPS) is 18.7. The first kappa shape index (κ1) is 18.9. The van der Waals surface area contributed by atoms with Crippen LogP contribution in [-0.4, -0.2) is 31.1 Å². The van der Waals surface area contributed by atoms with Gasteiger partial charge in [0.15, 0.2) is 6.29 Å². The Morgan fingerprint density at radius 2 is 1.93 bits per heavy atom. The fourth-order valence-corrected chi connectivity index (χ4v) is 4.22. The molecular formula is C24H29NO3. The van der Waals surface area contributed by atoms with E-state index in [1.54, 1.807) is 18.2 Å². The van der Waals surface area contributed by atoms with E-state index in [9.17, 15) is 9.90 Å². The highest BCUT2D eigenvalue weighted by atomic mass is 16.5. The molecule has 1 heterocycles. The Balaban J connectivity index is 1.31. The molecule has 1 saturated carbocycles. The van der Waals surface area contributed by atoms with Gasteiger partial charge in [0.2, 0.25) is 0 Å². The average molecular weight is 380 g/mol. The third-order valence-electron chi connectivity index (χ3n) is 6.29. The van der Waals surface area contributed by atoms with E-state index in [0.29, 0.717) is 17.4 Å². The molecule has 1 atom stereocenters. The maximum atomic E-state index is 11.3. The first-order valence-electron chi connectivity index (χ1n) is 10.4. The first-order chi connectivity index (χ1) is 13.6. The van der Waals surface area contributed by atoms with Gasteiger partial charge in [-0.25, -0.2) is 0 Å². The van der Waals surface area contributed by atoms with E-state index < -0.39 is 0 Å². The third-order valence-corrected chi connectivity index (χ3v) is 6.29. The van der Waals surface area contributed by atoms with Crippen molar-refractivity contribution in [3.8, 4) is 11.5 Å². The van der Waals surface area contributed by atoms with Gasteiger partial charge in [-0.05, 0) is 73.3 Å². The molecule has 1 aliphatic heterocycles. The van der Waals surface area contributed by atoms with Gasteiger partial charge in [0, 0.05) is 24.7 Å². The molecule has 1 saturated heterocycles. The summed E-state index contributed by atoms with van der Waals surface area (Å²) in [6.45, 7) is 4.80. The second-order valence-electron chi connectivity index (χ2n) is 8.30. The van der Waals surface area contributed by atoms with E-state index in [-0.39, 0.29) is 5.75 Å². The Morgan fingerprint density at radius 3 is 2.64 bits per heavy atom. The lowest BCUT2D eigenvalue weighted by Crippen LogP contribution is -2.36. The third kappa shape index (κ3) is 4.32. The number of anilines is 1. The number of phenolic OH excluding ortho intramolecular Hbond substituents is 1. The molecule has 2 aromatic rings. The minimum Gasteiger partial charge on any atom is -0.508 e. The van der Waals surface area contributed by atoms with E-state index in [1.165, 1.54) is 18.4 Å². The summed E-state index contributed by atoms with van der Waals surface area (Å²) in [5.41, 5.74) is 2.85. The summed E-state index contributed by atoms with van der Waals surface area (Å²) in [7, 11) is 0. The summed E-state index contributed by atoms with van der Waals surface area (Å²) in [5, 5.41) is 9.76. The number of benzene rings is 2. The lowest BCUT2D eigenvalue weighted by molar-refractivity contribution is 0.112. The van der Waals surface area contributed by atoms with Crippen LogP contribution in [0, 0.1) is 11.8 Å². The molecule has 2 fully saturated rings. The van der Waals surface area contributed by atoms with Crippen LogP contribution >= 0.6 is 0 Å². The number of aldehydes is 1. The molecule has 1 N–H and O–H groups in total. The van der Waals surface area contributed by atoms with Crippen LogP contribution in [0.3, 0.4) is 0 Å². The molecule has 148 valence electrons. The number of hydrogen-bond donors (Lipinski definition) is 1. The van der Waals surface area contributed by atoms with Crippen LogP contribution in [0.5, 0.6) is 11.5 Å².